The van der Waals surface area contributed by atoms with Crippen molar-refractivity contribution >= 4 is 11.7 Å². The molecule has 0 radical (unpaired) electrons. The van der Waals surface area contributed by atoms with E-state index < -0.39 is 10.7 Å². The first-order valence-corrected chi connectivity index (χ1v) is 8.47. The largest absolute Gasteiger partial charge is 0.476 e. The van der Waals surface area contributed by atoms with Gasteiger partial charge in [0.15, 0.2) is 6.61 Å². The van der Waals surface area contributed by atoms with E-state index in [-0.39, 0.29) is 24.3 Å². The summed E-state index contributed by atoms with van der Waals surface area (Å²) in [5.41, 5.74) is 2.24. The molecule has 7 heteroatoms. The smallest absolute Gasteiger partial charge is 0.406 e. The van der Waals surface area contributed by atoms with E-state index in [4.69, 9.17) is 4.74 Å². The number of pyridine rings is 1. The summed E-state index contributed by atoms with van der Waals surface area (Å²) >= 11 is 0. The van der Waals surface area contributed by atoms with Gasteiger partial charge in [0.1, 0.15) is 6.20 Å². The van der Waals surface area contributed by atoms with E-state index in [1.807, 2.05) is 19.1 Å². The molecule has 1 heterocycles. The first kappa shape index (κ1) is 19.4. The Morgan fingerprint density at radius 2 is 1.92 bits per heavy atom. The first-order chi connectivity index (χ1) is 12.4. The van der Waals surface area contributed by atoms with Gasteiger partial charge in [-0.2, -0.15) is 0 Å². The number of carbonyl (C=O) groups is 1. The molecule has 1 N–H and O–H groups in total. The number of aromatic nitrogens is 1. The van der Waals surface area contributed by atoms with Crippen LogP contribution in [0, 0.1) is 16.0 Å². The monoisotopic (exact) mass is 357 g/mol. The van der Waals surface area contributed by atoms with Crippen molar-refractivity contribution in [2.24, 2.45) is 5.92 Å². The highest BCUT2D eigenvalue weighted by Gasteiger charge is 2.17. The highest BCUT2D eigenvalue weighted by molar-refractivity contribution is 5.78. The molecule has 1 aromatic heterocycles. The second-order valence-electron chi connectivity index (χ2n) is 6.50. The van der Waals surface area contributed by atoms with Crippen molar-refractivity contribution in [3.05, 3.63) is 63.8 Å². The molecule has 0 aliphatic heterocycles. The Morgan fingerprint density at radius 1 is 1.23 bits per heavy atom. The van der Waals surface area contributed by atoms with Crippen molar-refractivity contribution in [2.75, 3.05) is 6.61 Å². The summed E-state index contributed by atoms with van der Waals surface area (Å²) in [6.07, 6.45) is 2.31. The number of hydrogen-bond acceptors (Lipinski definition) is 5. The fourth-order valence-electron chi connectivity index (χ4n) is 2.56. The van der Waals surface area contributed by atoms with E-state index in [9.17, 15) is 14.9 Å². The van der Waals surface area contributed by atoms with Gasteiger partial charge in [0.25, 0.3) is 5.91 Å². The van der Waals surface area contributed by atoms with Crippen LogP contribution in [0.5, 0.6) is 5.75 Å². The van der Waals surface area contributed by atoms with Gasteiger partial charge in [-0.05, 0) is 52.4 Å². The van der Waals surface area contributed by atoms with Crippen LogP contribution in [0.2, 0.25) is 0 Å². The molecule has 138 valence electrons. The summed E-state index contributed by atoms with van der Waals surface area (Å²) in [6.45, 7) is 5.90. The lowest BCUT2D eigenvalue weighted by molar-refractivity contribution is -0.390. The van der Waals surface area contributed by atoms with Crippen LogP contribution in [-0.4, -0.2) is 22.4 Å². The lowest BCUT2D eigenvalue weighted by atomic mass is 10.00. The van der Waals surface area contributed by atoms with E-state index in [0.717, 1.165) is 12.0 Å². The van der Waals surface area contributed by atoms with Gasteiger partial charge >= 0.3 is 5.82 Å². The minimum atomic E-state index is -0.644. The van der Waals surface area contributed by atoms with Gasteiger partial charge in [-0.3, -0.25) is 4.79 Å². The highest BCUT2D eigenvalue weighted by Crippen LogP contribution is 2.22. The van der Waals surface area contributed by atoms with Crippen LogP contribution in [-0.2, 0) is 11.2 Å². The Kier molecular flexibility index (Phi) is 6.66. The maximum absolute atomic E-state index is 12.1. The van der Waals surface area contributed by atoms with Gasteiger partial charge in [0, 0.05) is 0 Å². The van der Waals surface area contributed by atoms with E-state index in [2.05, 4.69) is 36.3 Å². The molecule has 0 saturated carbocycles. The maximum Gasteiger partial charge on any atom is 0.406 e. The predicted molar refractivity (Wildman–Crippen MR) is 97.9 cm³/mol. The summed E-state index contributed by atoms with van der Waals surface area (Å²) in [5, 5.41) is 13.7. The van der Waals surface area contributed by atoms with Crippen LogP contribution in [0.25, 0.3) is 0 Å². The average molecular weight is 357 g/mol. The minimum Gasteiger partial charge on any atom is -0.476 e. The molecule has 1 unspecified atom stereocenters. The third-order valence-corrected chi connectivity index (χ3v) is 3.78. The van der Waals surface area contributed by atoms with Crippen LogP contribution >= 0.6 is 0 Å². The second-order valence-corrected chi connectivity index (χ2v) is 6.50. The molecule has 7 nitrogen and oxygen atoms in total. The summed E-state index contributed by atoms with van der Waals surface area (Å²) in [5.74, 6) is -0.207. The van der Waals surface area contributed by atoms with Crippen molar-refractivity contribution in [1.29, 1.82) is 0 Å². The molecular weight excluding hydrogens is 334 g/mol. The molecule has 26 heavy (non-hydrogen) atoms. The number of benzene rings is 1. The molecule has 1 amide bonds. The van der Waals surface area contributed by atoms with Crippen molar-refractivity contribution in [2.45, 2.75) is 33.2 Å². The van der Waals surface area contributed by atoms with Gasteiger partial charge in [-0.25, -0.2) is 0 Å². The normalized spacial score (nSPS) is 11.8. The zero-order chi connectivity index (χ0) is 19.1. The first-order valence-electron chi connectivity index (χ1n) is 8.47. The number of amides is 1. The van der Waals surface area contributed by atoms with Crippen LogP contribution in [0.1, 0.15) is 37.9 Å². The standard InChI is InChI=1S/C19H23N3O4/c1-13(2)11-15-6-8-16(9-7-15)14(3)21-18(23)12-26-17-5-4-10-20-19(17)22(24)25/h4-10,13-14H,11-12H2,1-3H3,(H,21,23). The number of ether oxygens (including phenoxy) is 1. The lowest BCUT2D eigenvalue weighted by Crippen LogP contribution is -2.31. The quantitative estimate of drug-likeness (QED) is 0.577. The Morgan fingerprint density at radius 3 is 2.54 bits per heavy atom. The van der Waals surface area contributed by atoms with E-state index >= 15 is 0 Å². The van der Waals surface area contributed by atoms with Crippen LogP contribution in [0.3, 0.4) is 0 Å². The number of rotatable bonds is 8. The fourth-order valence-corrected chi connectivity index (χ4v) is 2.56. The molecule has 2 aromatic rings. The number of nitrogens with zero attached hydrogens (tertiary/aromatic N) is 2. The lowest BCUT2D eigenvalue weighted by Gasteiger charge is -2.15. The van der Waals surface area contributed by atoms with Crippen LogP contribution < -0.4 is 10.1 Å². The minimum absolute atomic E-state index is 0.0293. The number of hydrogen-bond donors (Lipinski definition) is 1. The molecule has 0 saturated heterocycles. The van der Waals surface area contributed by atoms with Gasteiger partial charge in [0.2, 0.25) is 5.75 Å². The highest BCUT2D eigenvalue weighted by atomic mass is 16.6. The topological polar surface area (TPSA) is 94.4 Å². The molecule has 1 aromatic carbocycles. The molecule has 0 fully saturated rings. The molecule has 0 bridgehead atoms. The number of carbonyl (C=O) groups excluding carboxylic acids is 1. The van der Waals surface area contributed by atoms with Crippen molar-refractivity contribution < 1.29 is 14.5 Å². The molecule has 2 rings (SSSR count). The molecule has 1 atom stereocenters. The SMILES string of the molecule is CC(C)Cc1ccc(C(C)NC(=O)COc2cccnc2[N+](=O)[O-])cc1. The maximum atomic E-state index is 12.1. The van der Waals surface area contributed by atoms with Crippen molar-refractivity contribution in [3.63, 3.8) is 0 Å². The van der Waals surface area contributed by atoms with Gasteiger partial charge in [-0.15, -0.1) is 0 Å². The fraction of sp³-hybridized carbons (Fsp3) is 0.368. The van der Waals surface area contributed by atoms with Gasteiger partial charge in [0.05, 0.1) is 6.04 Å². The van der Waals surface area contributed by atoms with Gasteiger partial charge in [-0.1, -0.05) is 38.1 Å². The van der Waals surface area contributed by atoms with Crippen LogP contribution in [0.4, 0.5) is 5.82 Å². The summed E-state index contributed by atoms with van der Waals surface area (Å²) in [7, 11) is 0. The van der Waals surface area contributed by atoms with Crippen molar-refractivity contribution in [1.82, 2.24) is 10.3 Å². The Hall–Kier alpha value is -2.96. The number of nitro groups is 1. The molecular formula is C19H23N3O4. The summed E-state index contributed by atoms with van der Waals surface area (Å²) < 4.78 is 5.24. The molecule has 0 spiro atoms. The molecule has 0 aliphatic rings. The Balaban J connectivity index is 1.90. The zero-order valence-electron chi connectivity index (χ0n) is 15.1. The van der Waals surface area contributed by atoms with E-state index in [1.165, 1.54) is 23.9 Å². The second kappa shape index (κ2) is 8.94. The zero-order valence-corrected chi connectivity index (χ0v) is 15.1. The van der Waals surface area contributed by atoms with Crippen LogP contribution in [0.15, 0.2) is 42.6 Å². The Bertz CT molecular complexity index is 760. The van der Waals surface area contributed by atoms with Crippen molar-refractivity contribution in [3.8, 4) is 5.75 Å². The van der Waals surface area contributed by atoms with E-state index in [0.29, 0.717) is 5.92 Å². The van der Waals surface area contributed by atoms with Gasteiger partial charge < -0.3 is 20.2 Å². The Labute approximate surface area is 152 Å². The summed E-state index contributed by atoms with van der Waals surface area (Å²) in [4.78, 5) is 25.9. The number of nitrogens with one attached hydrogen (secondary N) is 1. The average Bonchev–Trinajstić information content (AvgIpc) is 2.60. The predicted octanol–water partition coefficient (Wildman–Crippen LogP) is 3.44. The molecule has 0 aliphatic carbocycles. The third kappa shape index (κ3) is 5.54. The third-order valence-electron chi connectivity index (χ3n) is 3.78. The van der Waals surface area contributed by atoms with E-state index in [1.54, 1.807) is 0 Å². The summed E-state index contributed by atoms with van der Waals surface area (Å²) in [6, 6.07) is 10.9.